The number of methoxy groups -OCH3 is 4. The number of ether oxygens (including phenoxy) is 4. The van der Waals surface area contributed by atoms with Crippen LogP contribution in [0.1, 0.15) is 103 Å². The second-order valence-electron chi connectivity index (χ2n) is 19.2. The number of aromatic hydroxyl groups is 8. The van der Waals surface area contributed by atoms with E-state index in [0.29, 0.717) is 62.1 Å². The van der Waals surface area contributed by atoms with E-state index in [2.05, 4.69) is 31.9 Å². The summed E-state index contributed by atoms with van der Waals surface area (Å²) in [5.74, 6) is -6.84. The fraction of sp³-hybridized carbons (Fsp3) is 0.491. The Morgan fingerprint density at radius 2 is 0.756 bits per heavy atom. The zero-order valence-electron chi connectivity index (χ0n) is 47.4. The Labute approximate surface area is 477 Å². The van der Waals surface area contributed by atoms with E-state index in [1.54, 1.807) is 13.0 Å². The predicted octanol–water partition coefficient (Wildman–Crippen LogP) is 2.63. The summed E-state index contributed by atoms with van der Waals surface area (Å²) in [4.78, 5) is 68.4. The summed E-state index contributed by atoms with van der Waals surface area (Å²) in [6.45, 7) is 5.75. The number of benzene rings is 4. The third-order valence-corrected chi connectivity index (χ3v) is 13.4. The minimum absolute atomic E-state index is 0.0534. The molecule has 0 aliphatic carbocycles. The molecule has 25 heteroatoms. The molecule has 452 valence electrons. The summed E-state index contributed by atoms with van der Waals surface area (Å²) in [5.41, 5.74) is 0.742. The molecular weight excluding hydrogens is 1070 g/mol. The molecule has 0 aromatic heterocycles. The second kappa shape index (κ2) is 35.4. The lowest BCUT2D eigenvalue weighted by Crippen LogP contribution is -2.39. The molecule has 4 amide bonds. The number of Topliss-reactive ketones (excluding diaryl/α,β-unsaturated/α-hetero) is 1. The number of phenols is 8. The van der Waals surface area contributed by atoms with Crippen LogP contribution in [0.2, 0.25) is 0 Å². The first-order chi connectivity index (χ1) is 39.4. The molecule has 1 atom stereocenters. The highest BCUT2D eigenvalue weighted by atomic mass is 16.5. The van der Waals surface area contributed by atoms with Gasteiger partial charge in [0, 0.05) is 116 Å². The summed E-state index contributed by atoms with van der Waals surface area (Å²) < 4.78 is 19.9. The molecule has 14 N–H and O–H groups in total. The zero-order chi connectivity index (χ0) is 60.1. The first kappa shape index (κ1) is 67.0. The molecule has 0 aliphatic rings. The lowest BCUT2D eigenvalue weighted by Gasteiger charge is -2.27. The van der Waals surface area contributed by atoms with Crippen molar-refractivity contribution in [3.05, 3.63) is 93.0 Å². The SMILES string of the molecule is CCC(=O)C(CCN(CCCCN(CCCNCc1ccc(C(=O)NCCOC)c(O)c1O)Cc1ccc(C(=O)NCCOC)c(O)c1O)Cc1ccc(C(=O)NCCOC)c(O)c1O)NCc1ccc(C(=O)NCCOC)c(O)c1O. The van der Waals surface area contributed by atoms with Crippen molar-refractivity contribution in [2.24, 2.45) is 0 Å². The Morgan fingerprint density at radius 1 is 0.427 bits per heavy atom. The van der Waals surface area contributed by atoms with E-state index >= 15 is 0 Å². The minimum atomic E-state index is -0.756. The quantitative estimate of drug-likeness (QED) is 0.0226. The van der Waals surface area contributed by atoms with Gasteiger partial charge in [-0.2, -0.15) is 0 Å². The number of ketones is 1. The van der Waals surface area contributed by atoms with Gasteiger partial charge >= 0.3 is 0 Å². The number of amides is 4. The standard InChI is InChI=1S/C57H82N8O17/c1-6-45(66)44(63-33-37-11-15-41(51(72)47(37)68)55(76)60-21-29-80-3)18-27-65(35-39-13-17-43(53(74)49(39)70)57(78)62-23-31-82-5)25-8-7-24-64(34-38-12-16-42(52(73)48(38)69)56(77)61-22-30-81-4)26-9-19-58-32-36-10-14-40(50(71)46(36)67)54(75)59-20-28-79-2/h10-17,44,58,63,67-74H,6-9,18-35H2,1-5H3,(H,59,75)(H,60,76)(H,61,77)(H,62,78). The fourth-order valence-corrected chi connectivity index (χ4v) is 8.72. The van der Waals surface area contributed by atoms with Crippen LogP contribution in [0.4, 0.5) is 0 Å². The van der Waals surface area contributed by atoms with Crippen LogP contribution in [0, 0.1) is 0 Å². The number of carbonyl (C=O) groups is 5. The van der Waals surface area contributed by atoms with Crippen LogP contribution in [0.25, 0.3) is 0 Å². The van der Waals surface area contributed by atoms with Crippen molar-refractivity contribution in [2.75, 3.05) is 114 Å². The Bertz CT molecular complexity index is 2730. The van der Waals surface area contributed by atoms with Gasteiger partial charge in [-0.15, -0.1) is 0 Å². The summed E-state index contributed by atoms with van der Waals surface area (Å²) in [6, 6.07) is 11.0. The molecule has 0 radical (unpaired) electrons. The number of nitrogens with zero attached hydrogens (tertiary/aromatic N) is 2. The van der Waals surface area contributed by atoms with E-state index in [1.807, 2.05) is 9.80 Å². The molecule has 82 heavy (non-hydrogen) atoms. The first-order valence-corrected chi connectivity index (χ1v) is 27.1. The van der Waals surface area contributed by atoms with Crippen LogP contribution in [0.15, 0.2) is 48.5 Å². The first-order valence-electron chi connectivity index (χ1n) is 27.1. The molecule has 0 saturated heterocycles. The molecule has 0 heterocycles. The predicted molar refractivity (Wildman–Crippen MR) is 303 cm³/mol. The number of rotatable bonds is 39. The average molecular weight is 1150 g/mol. The van der Waals surface area contributed by atoms with Crippen LogP contribution >= 0.6 is 0 Å². The molecule has 0 aliphatic heterocycles. The summed E-state index contributed by atoms with van der Waals surface area (Å²) in [7, 11) is 5.92. The van der Waals surface area contributed by atoms with Gasteiger partial charge in [-0.25, -0.2) is 0 Å². The third kappa shape index (κ3) is 20.2. The number of phenolic OH excluding ortho intramolecular Hbond substituents is 8. The lowest BCUT2D eigenvalue weighted by molar-refractivity contribution is -0.121. The summed E-state index contributed by atoms with van der Waals surface area (Å²) in [6.07, 6.45) is 2.05. The van der Waals surface area contributed by atoms with Gasteiger partial charge in [-0.05, 0) is 76.1 Å². The van der Waals surface area contributed by atoms with Crippen molar-refractivity contribution in [1.82, 2.24) is 41.7 Å². The van der Waals surface area contributed by atoms with Crippen molar-refractivity contribution >= 4 is 29.4 Å². The number of unbranched alkanes of at least 4 members (excludes halogenated alkanes) is 1. The van der Waals surface area contributed by atoms with Gasteiger partial charge in [0.1, 0.15) is 5.78 Å². The second-order valence-corrected chi connectivity index (χ2v) is 19.2. The van der Waals surface area contributed by atoms with Gasteiger partial charge in [-0.1, -0.05) is 31.2 Å². The number of nitrogens with one attached hydrogen (secondary N) is 6. The Balaban J connectivity index is 1.54. The van der Waals surface area contributed by atoms with Gasteiger partial charge in [0.05, 0.1) is 54.7 Å². The smallest absolute Gasteiger partial charge is 0.255 e. The van der Waals surface area contributed by atoms with E-state index in [0.717, 1.165) is 0 Å². The van der Waals surface area contributed by atoms with Gasteiger partial charge < -0.3 is 91.7 Å². The number of carbonyl (C=O) groups excluding carboxylic acids is 5. The topological polar surface area (TPSA) is 363 Å². The van der Waals surface area contributed by atoms with E-state index in [9.17, 15) is 64.8 Å². The summed E-state index contributed by atoms with van der Waals surface area (Å²) in [5, 5.41) is 104. The Kier molecular flexibility index (Phi) is 28.9. The molecular formula is C57H82N8O17. The van der Waals surface area contributed by atoms with Gasteiger partial charge in [-0.3, -0.25) is 33.8 Å². The monoisotopic (exact) mass is 1150 g/mol. The van der Waals surface area contributed by atoms with E-state index < -0.39 is 75.7 Å². The van der Waals surface area contributed by atoms with Crippen molar-refractivity contribution in [2.45, 2.75) is 71.2 Å². The van der Waals surface area contributed by atoms with Gasteiger partial charge in [0.25, 0.3) is 23.6 Å². The number of hydrogen-bond acceptors (Lipinski definition) is 21. The molecule has 0 bridgehead atoms. The van der Waals surface area contributed by atoms with Crippen LogP contribution in [0.3, 0.4) is 0 Å². The summed E-state index contributed by atoms with van der Waals surface area (Å²) >= 11 is 0. The Hall–Kier alpha value is -7.49. The highest BCUT2D eigenvalue weighted by molar-refractivity contribution is 5.99. The van der Waals surface area contributed by atoms with Gasteiger partial charge in [0.2, 0.25) is 0 Å². The highest BCUT2D eigenvalue weighted by Crippen LogP contribution is 2.37. The van der Waals surface area contributed by atoms with E-state index in [1.165, 1.54) is 70.9 Å². The number of hydrogen-bond donors (Lipinski definition) is 14. The fourth-order valence-electron chi connectivity index (χ4n) is 8.72. The lowest BCUT2D eigenvalue weighted by atomic mass is 10.0. The maximum absolute atomic E-state index is 13.5. The van der Waals surface area contributed by atoms with Crippen molar-refractivity contribution in [1.29, 1.82) is 0 Å². The van der Waals surface area contributed by atoms with Crippen LogP contribution in [0.5, 0.6) is 46.0 Å². The molecule has 0 saturated carbocycles. The molecule has 0 fully saturated rings. The molecule has 4 aromatic carbocycles. The van der Waals surface area contributed by atoms with E-state index in [-0.39, 0.29) is 132 Å². The molecule has 4 aromatic rings. The zero-order valence-corrected chi connectivity index (χ0v) is 47.4. The third-order valence-electron chi connectivity index (χ3n) is 13.4. The Morgan fingerprint density at radius 3 is 1.12 bits per heavy atom. The van der Waals surface area contributed by atoms with Gasteiger partial charge in [0.15, 0.2) is 46.0 Å². The van der Waals surface area contributed by atoms with Crippen LogP contribution in [-0.4, -0.2) is 200 Å². The van der Waals surface area contributed by atoms with Crippen molar-refractivity contribution < 1.29 is 83.8 Å². The minimum Gasteiger partial charge on any atom is -0.504 e. The highest BCUT2D eigenvalue weighted by Gasteiger charge is 2.25. The van der Waals surface area contributed by atoms with Crippen LogP contribution in [-0.2, 0) is 49.9 Å². The molecule has 0 spiro atoms. The molecule has 25 nitrogen and oxygen atoms in total. The maximum atomic E-state index is 13.5. The molecule has 4 rings (SSSR count). The van der Waals surface area contributed by atoms with Crippen molar-refractivity contribution in [3.8, 4) is 46.0 Å². The van der Waals surface area contributed by atoms with E-state index in [4.69, 9.17) is 18.9 Å². The van der Waals surface area contributed by atoms with Crippen LogP contribution < -0.4 is 31.9 Å². The average Bonchev–Trinajstić information content (AvgIpc) is 3.67. The van der Waals surface area contributed by atoms with Crippen molar-refractivity contribution in [3.63, 3.8) is 0 Å². The maximum Gasteiger partial charge on any atom is 0.255 e. The largest absolute Gasteiger partial charge is 0.504 e. The molecule has 1 unspecified atom stereocenters. The normalized spacial score (nSPS) is 11.7.